The first kappa shape index (κ1) is 20.2. The minimum Gasteiger partial charge on any atom is -0.352 e. The van der Waals surface area contributed by atoms with Gasteiger partial charge in [-0.25, -0.2) is 0 Å². The van der Waals surface area contributed by atoms with Crippen LogP contribution in [-0.2, 0) is 9.59 Å². The summed E-state index contributed by atoms with van der Waals surface area (Å²) in [7, 11) is 0. The molecule has 0 bridgehead atoms. The molecule has 0 aromatic carbocycles. The molecule has 2 saturated heterocycles. The van der Waals surface area contributed by atoms with E-state index in [2.05, 4.69) is 17.6 Å². The number of hydrogen-bond acceptors (Lipinski definition) is 3. The molecule has 2 aliphatic rings. The normalized spacial score (nSPS) is 28.7. The van der Waals surface area contributed by atoms with E-state index in [0.717, 1.165) is 38.9 Å². The Morgan fingerprint density at radius 1 is 1.22 bits per heavy atom. The van der Waals surface area contributed by atoms with Gasteiger partial charge in [-0.15, -0.1) is 12.4 Å². The number of carbonyl (C=O) groups excluding carboxylic acids is 2. The molecule has 0 aliphatic carbocycles. The number of halogens is 1. The van der Waals surface area contributed by atoms with Gasteiger partial charge in [0.1, 0.15) is 0 Å². The number of nitrogens with one attached hydrogen (secondary N) is 2. The van der Waals surface area contributed by atoms with Crippen LogP contribution in [0.4, 0.5) is 0 Å². The van der Waals surface area contributed by atoms with E-state index >= 15 is 0 Å². The summed E-state index contributed by atoms with van der Waals surface area (Å²) in [6.07, 6.45) is 2.90. The van der Waals surface area contributed by atoms with Gasteiger partial charge in [0.25, 0.3) is 0 Å². The predicted molar refractivity (Wildman–Crippen MR) is 94.6 cm³/mol. The highest BCUT2D eigenvalue weighted by Gasteiger charge is 2.34. The molecule has 2 fully saturated rings. The van der Waals surface area contributed by atoms with Crippen LogP contribution in [0.1, 0.15) is 47.0 Å². The Morgan fingerprint density at radius 3 is 2.52 bits per heavy atom. The third kappa shape index (κ3) is 5.35. The van der Waals surface area contributed by atoms with Crippen molar-refractivity contribution >= 4 is 24.2 Å². The summed E-state index contributed by atoms with van der Waals surface area (Å²) < 4.78 is 0. The number of piperidine rings is 2. The third-order valence-corrected chi connectivity index (χ3v) is 4.88. The molecule has 3 atom stereocenters. The summed E-state index contributed by atoms with van der Waals surface area (Å²) >= 11 is 0. The van der Waals surface area contributed by atoms with Crippen molar-refractivity contribution in [2.45, 2.75) is 53.0 Å². The molecule has 6 heteroatoms. The van der Waals surface area contributed by atoms with Gasteiger partial charge in [-0.3, -0.25) is 9.59 Å². The standard InChI is InChI=1S/C17H31N3O2.ClH/c1-12-7-8-18-10-14(12)19-15(21)13-6-5-9-20(11-13)16(22)17(2,3)4;/h12-14,18H,5-11H2,1-4H3,(H,19,21);1H. The molecule has 2 heterocycles. The molecule has 2 aliphatic heterocycles. The van der Waals surface area contributed by atoms with Crippen LogP contribution in [0.15, 0.2) is 0 Å². The fraction of sp³-hybridized carbons (Fsp3) is 0.882. The quantitative estimate of drug-likeness (QED) is 0.802. The highest BCUT2D eigenvalue weighted by molar-refractivity contribution is 5.85. The van der Waals surface area contributed by atoms with Gasteiger partial charge in [0.15, 0.2) is 0 Å². The van der Waals surface area contributed by atoms with E-state index in [0.29, 0.717) is 12.5 Å². The molecule has 3 unspecified atom stereocenters. The first-order valence-electron chi connectivity index (χ1n) is 8.59. The molecule has 2 rings (SSSR count). The maximum atomic E-state index is 12.6. The van der Waals surface area contributed by atoms with Crippen LogP contribution >= 0.6 is 12.4 Å². The predicted octanol–water partition coefficient (Wildman–Crippen LogP) is 1.81. The molecule has 0 aromatic heterocycles. The van der Waals surface area contributed by atoms with Crippen molar-refractivity contribution in [3.05, 3.63) is 0 Å². The molecule has 5 nitrogen and oxygen atoms in total. The molecule has 2 N–H and O–H groups in total. The fourth-order valence-corrected chi connectivity index (χ4v) is 3.33. The lowest BCUT2D eigenvalue weighted by Gasteiger charge is -2.37. The van der Waals surface area contributed by atoms with Crippen LogP contribution in [0.25, 0.3) is 0 Å². The van der Waals surface area contributed by atoms with Gasteiger partial charge >= 0.3 is 0 Å². The number of amides is 2. The zero-order valence-electron chi connectivity index (χ0n) is 14.9. The van der Waals surface area contributed by atoms with Crippen LogP contribution in [0, 0.1) is 17.3 Å². The van der Waals surface area contributed by atoms with Crippen LogP contribution in [0.2, 0.25) is 0 Å². The van der Waals surface area contributed by atoms with Crippen molar-refractivity contribution < 1.29 is 9.59 Å². The highest BCUT2D eigenvalue weighted by atomic mass is 35.5. The fourth-order valence-electron chi connectivity index (χ4n) is 3.33. The molecule has 0 spiro atoms. The Balaban J connectivity index is 0.00000264. The van der Waals surface area contributed by atoms with Crippen LogP contribution in [-0.4, -0.2) is 48.9 Å². The van der Waals surface area contributed by atoms with Gasteiger partial charge in [0.2, 0.25) is 11.8 Å². The lowest BCUT2D eigenvalue weighted by Crippen LogP contribution is -2.54. The number of likely N-dealkylation sites (tertiary alicyclic amines) is 1. The van der Waals surface area contributed by atoms with Crippen molar-refractivity contribution in [1.29, 1.82) is 0 Å². The van der Waals surface area contributed by atoms with Gasteiger partial charge in [-0.1, -0.05) is 27.7 Å². The van der Waals surface area contributed by atoms with Crippen molar-refractivity contribution in [3.8, 4) is 0 Å². The largest absolute Gasteiger partial charge is 0.352 e. The third-order valence-electron chi connectivity index (χ3n) is 4.88. The molecule has 0 saturated carbocycles. The summed E-state index contributed by atoms with van der Waals surface area (Å²) in [4.78, 5) is 26.8. The number of carbonyl (C=O) groups is 2. The monoisotopic (exact) mass is 345 g/mol. The molecule has 23 heavy (non-hydrogen) atoms. The minimum absolute atomic E-state index is 0. The minimum atomic E-state index is -0.375. The number of hydrogen-bond donors (Lipinski definition) is 2. The van der Waals surface area contributed by atoms with E-state index in [9.17, 15) is 9.59 Å². The van der Waals surface area contributed by atoms with E-state index in [4.69, 9.17) is 0 Å². The van der Waals surface area contributed by atoms with Crippen molar-refractivity contribution in [3.63, 3.8) is 0 Å². The average Bonchev–Trinajstić information content (AvgIpc) is 2.48. The molecular weight excluding hydrogens is 314 g/mol. The Kier molecular flexibility index (Phi) is 7.33. The summed E-state index contributed by atoms with van der Waals surface area (Å²) in [6, 6.07) is 0.218. The summed E-state index contributed by atoms with van der Waals surface area (Å²) in [6.45, 7) is 11.2. The summed E-state index contributed by atoms with van der Waals surface area (Å²) in [5, 5.41) is 6.54. The Labute approximate surface area is 146 Å². The molecule has 2 amide bonds. The first-order chi connectivity index (χ1) is 10.3. The van der Waals surface area contributed by atoms with E-state index in [1.807, 2.05) is 25.7 Å². The van der Waals surface area contributed by atoms with E-state index in [1.165, 1.54) is 0 Å². The van der Waals surface area contributed by atoms with Gasteiger partial charge in [-0.05, 0) is 31.7 Å². The van der Waals surface area contributed by atoms with E-state index in [-0.39, 0.29) is 41.6 Å². The lowest BCUT2D eigenvalue weighted by atomic mass is 9.90. The van der Waals surface area contributed by atoms with Gasteiger partial charge in [0, 0.05) is 31.1 Å². The van der Waals surface area contributed by atoms with Gasteiger partial charge in [0.05, 0.1) is 5.92 Å². The Hall–Kier alpha value is -0.810. The molecular formula is C17H32ClN3O2. The second-order valence-corrected chi connectivity index (χ2v) is 7.93. The molecule has 0 radical (unpaired) electrons. The van der Waals surface area contributed by atoms with Crippen molar-refractivity contribution in [2.24, 2.45) is 17.3 Å². The van der Waals surface area contributed by atoms with Gasteiger partial charge in [-0.2, -0.15) is 0 Å². The smallest absolute Gasteiger partial charge is 0.227 e. The second-order valence-electron chi connectivity index (χ2n) is 7.93. The number of nitrogens with zero attached hydrogens (tertiary/aromatic N) is 1. The maximum Gasteiger partial charge on any atom is 0.227 e. The van der Waals surface area contributed by atoms with Crippen molar-refractivity contribution in [1.82, 2.24) is 15.5 Å². The average molecular weight is 346 g/mol. The topological polar surface area (TPSA) is 61.4 Å². The van der Waals surface area contributed by atoms with E-state index in [1.54, 1.807) is 0 Å². The zero-order chi connectivity index (χ0) is 16.3. The first-order valence-corrected chi connectivity index (χ1v) is 8.59. The van der Waals surface area contributed by atoms with Crippen LogP contribution in [0.3, 0.4) is 0 Å². The summed E-state index contributed by atoms with van der Waals surface area (Å²) in [5.41, 5.74) is -0.375. The zero-order valence-corrected chi connectivity index (χ0v) is 15.7. The summed E-state index contributed by atoms with van der Waals surface area (Å²) in [5.74, 6) is 0.722. The van der Waals surface area contributed by atoms with E-state index < -0.39 is 0 Å². The van der Waals surface area contributed by atoms with Crippen molar-refractivity contribution in [2.75, 3.05) is 26.2 Å². The van der Waals surface area contributed by atoms with Crippen LogP contribution < -0.4 is 10.6 Å². The van der Waals surface area contributed by atoms with Gasteiger partial charge < -0.3 is 15.5 Å². The Morgan fingerprint density at radius 2 is 1.91 bits per heavy atom. The van der Waals surface area contributed by atoms with Crippen LogP contribution in [0.5, 0.6) is 0 Å². The SMILES string of the molecule is CC1CCNCC1NC(=O)C1CCCN(C(=O)C(C)(C)C)C1.Cl. The molecule has 134 valence electrons. The second kappa shape index (κ2) is 8.34. The Bertz CT molecular complexity index is 423. The highest BCUT2D eigenvalue weighted by Crippen LogP contribution is 2.24. The maximum absolute atomic E-state index is 12.6. The molecule has 0 aromatic rings. The number of rotatable bonds is 2. The lowest BCUT2D eigenvalue weighted by molar-refractivity contribution is -0.143.